The van der Waals surface area contributed by atoms with E-state index in [1.807, 2.05) is 6.92 Å². The van der Waals surface area contributed by atoms with Crippen molar-refractivity contribution in [1.82, 2.24) is 15.0 Å². The Balaban J connectivity index is 2.33. The first kappa shape index (κ1) is 14.3. The van der Waals surface area contributed by atoms with Gasteiger partial charge in [-0.3, -0.25) is 4.79 Å². The summed E-state index contributed by atoms with van der Waals surface area (Å²) in [6.45, 7) is 3.77. The van der Waals surface area contributed by atoms with Crippen LogP contribution in [0.5, 0.6) is 6.01 Å². The van der Waals surface area contributed by atoms with E-state index < -0.39 is 11.9 Å². The molecule has 9 heteroatoms. The molecule has 1 aromatic rings. The zero-order valence-corrected chi connectivity index (χ0v) is 11.5. The molecule has 1 amide bonds. The van der Waals surface area contributed by atoms with Crippen LogP contribution in [-0.4, -0.2) is 60.3 Å². The van der Waals surface area contributed by atoms with E-state index in [2.05, 4.69) is 20.3 Å². The van der Waals surface area contributed by atoms with E-state index >= 15 is 0 Å². The second-order valence-electron chi connectivity index (χ2n) is 4.16. The summed E-state index contributed by atoms with van der Waals surface area (Å²) in [5, 5.41) is 2.99. The Kier molecular flexibility index (Phi) is 4.51. The monoisotopic (exact) mass is 282 g/mol. The van der Waals surface area contributed by atoms with Crippen LogP contribution in [-0.2, 0) is 9.53 Å². The fraction of sp³-hybridized carbons (Fsp3) is 0.636. The van der Waals surface area contributed by atoms with Crippen LogP contribution in [0.15, 0.2) is 0 Å². The van der Waals surface area contributed by atoms with E-state index in [1.54, 1.807) is 4.90 Å². The van der Waals surface area contributed by atoms with Crippen LogP contribution in [0.4, 0.5) is 11.9 Å². The number of ether oxygens (including phenoxy) is 2. The molecule has 110 valence electrons. The Morgan fingerprint density at radius 1 is 1.55 bits per heavy atom. The van der Waals surface area contributed by atoms with Gasteiger partial charge >= 0.3 is 6.01 Å². The van der Waals surface area contributed by atoms with Crippen molar-refractivity contribution < 1.29 is 14.3 Å². The van der Waals surface area contributed by atoms with Gasteiger partial charge in [-0.1, -0.05) is 0 Å². The number of rotatable bonds is 5. The van der Waals surface area contributed by atoms with E-state index in [0.717, 1.165) is 0 Å². The van der Waals surface area contributed by atoms with Gasteiger partial charge in [0.1, 0.15) is 6.04 Å². The van der Waals surface area contributed by atoms with Crippen LogP contribution in [0, 0.1) is 0 Å². The molecule has 1 unspecified atom stereocenters. The summed E-state index contributed by atoms with van der Waals surface area (Å²) in [4.78, 5) is 25.7. The Morgan fingerprint density at radius 2 is 2.35 bits per heavy atom. The molecular formula is C11H18N6O3. The van der Waals surface area contributed by atoms with Crippen molar-refractivity contribution in [2.24, 2.45) is 5.73 Å². The summed E-state index contributed by atoms with van der Waals surface area (Å²) in [5.74, 6) is 0.262. The molecule has 1 aliphatic heterocycles. The molecule has 1 saturated heterocycles. The largest absolute Gasteiger partial charge is 0.467 e. The predicted molar refractivity (Wildman–Crippen MR) is 71.7 cm³/mol. The molecule has 2 rings (SSSR count). The first-order chi connectivity index (χ1) is 9.65. The molecule has 1 aliphatic rings. The Labute approximate surface area is 116 Å². The van der Waals surface area contributed by atoms with E-state index in [4.69, 9.17) is 15.2 Å². The topological polar surface area (TPSA) is 115 Å². The number of hydrogen-bond acceptors (Lipinski definition) is 8. The lowest BCUT2D eigenvalue weighted by Crippen LogP contribution is -2.53. The first-order valence-corrected chi connectivity index (χ1v) is 6.33. The van der Waals surface area contributed by atoms with E-state index in [-0.39, 0.29) is 12.6 Å². The van der Waals surface area contributed by atoms with Crippen LogP contribution < -0.4 is 20.7 Å². The molecule has 1 atom stereocenters. The molecule has 20 heavy (non-hydrogen) atoms. The number of carbonyl (C=O) groups is 1. The number of amides is 1. The molecule has 2 heterocycles. The zero-order chi connectivity index (χ0) is 14.5. The summed E-state index contributed by atoms with van der Waals surface area (Å²) < 4.78 is 10.3. The number of nitrogens with zero attached hydrogens (tertiary/aromatic N) is 4. The van der Waals surface area contributed by atoms with Gasteiger partial charge in [0.15, 0.2) is 0 Å². The maximum Gasteiger partial charge on any atom is 0.322 e. The minimum Gasteiger partial charge on any atom is -0.467 e. The molecule has 0 spiro atoms. The maximum absolute atomic E-state index is 11.5. The van der Waals surface area contributed by atoms with Gasteiger partial charge in [-0.2, -0.15) is 15.0 Å². The van der Waals surface area contributed by atoms with Crippen molar-refractivity contribution in [3.05, 3.63) is 0 Å². The van der Waals surface area contributed by atoms with E-state index in [0.29, 0.717) is 31.6 Å². The number of morpholine rings is 1. The van der Waals surface area contributed by atoms with Gasteiger partial charge < -0.3 is 25.4 Å². The third kappa shape index (κ3) is 3.05. The molecular weight excluding hydrogens is 264 g/mol. The molecule has 1 fully saturated rings. The van der Waals surface area contributed by atoms with Crippen LogP contribution in [0.2, 0.25) is 0 Å². The van der Waals surface area contributed by atoms with Crippen LogP contribution in [0.3, 0.4) is 0 Å². The fourth-order valence-electron chi connectivity index (χ4n) is 1.88. The van der Waals surface area contributed by atoms with E-state index in [1.165, 1.54) is 7.11 Å². The Hall–Kier alpha value is -2.16. The number of nitrogens with two attached hydrogens (primary N) is 1. The van der Waals surface area contributed by atoms with Gasteiger partial charge in [0.25, 0.3) is 0 Å². The van der Waals surface area contributed by atoms with Gasteiger partial charge in [-0.05, 0) is 6.92 Å². The summed E-state index contributed by atoms with van der Waals surface area (Å²) in [6, 6.07) is -0.411. The van der Waals surface area contributed by atoms with Crippen molar-refractivity contribution in [3.8, 4) is 6.01 Å². The first-order valence-electron chi connectivity index (χ1n) is 6.33. The van der Waals surface area contributed by atoms with Gasteiger partial charge in [0.2, 0.25) is 17.8 Å². The van der Waals surface area contributed by atoms with Gasteiger partial charge in [0.05, 0.1) is 20.3 Å². The quantitative estimate of drug-likeness (QED) is 0.706. The lowest BCUT2D eigenvalue weighted by atomic mass is 10.2. The van der Waals surface area contributed by atoms with Gasteiger partial charge in [-0.25, -0.2) is 0 Å². The highest BCUT2D eigenvalue weighted by Gasteiger charge is 2.30. The van der Waals surface area contributed by atoms with E-state index in [9.17, 15) is 4.79 Å². The fourth-order valence-corrected chi connectivity index (χ4v) is 1.88. The highest BCUT2D eigenvalue weighted by atomic mass is 16.5. The highest BCUT2D eigenvalue weighted by Crippen LogP contribution is 2.19. The van der Waals surface area contributed by atoms with Crippen LogP contribution >= 0.6 is 0 Å². The molecule has 9 nitrogen and oxygen atoms in total. The average molecular weight is 282 g/mol. The number of methoxy groups -OCH3 is 1. The molecule has 0 aliphatic carbocycles. The van der Waals surface area contributed by atoms with Crippen LogP contribution in [0.1, 0.15) is 6.92 Å². The van der Waals surface area contributed by atoms with Crippen molar-refractivity contribution in [3.63, 3.8) is 0 Å². The molecule has 0 saturated carbocycles. The number of nitrogens with one attached hydrogen (secondary N) is 1. The summed E-state index contributed by atoms with van der Waals surface area (Å²) in [7, 11) is 1.47. The standard InChI is InChI=1S/C11H18N6O3/c1-3-13-9-14-10(16-11(15-9)19-2)17-4-5-20-6-7(17)8(12)18/h7H,3-6H2,1-2H3,(H2,12,18)(H,13,14,15,16). The molecule has 0 aromatic carbocycles. The van der Waals surface area contributed by atoms with Crippen molar-refractivity contribution in [2.75, 3.05) is 43.6 Å². The molecule has 3 N–H and O–H groups in total. The minimum absolute atomic E-state index is 0.181. The van der Waals surface area contributed by atoms with Crippen molar-refractivity contribution in [2.45, 2.75) is 13.0 Å². The third-order valence-electron chi connectivity index (χ3n) is 2.83. The maximum atomic E-state index is 11.5. The highest BCUT2D eigenvalue weighted by molar-refractivity contribution is 5.83. The Bertz CT molecular complexity index is 483. The molecule has 1 aromatic heterocycles. The number of primary amides is 1. The molecule has 0 radical (unpaired) electrons. The van der Waals surface area contributed by atoms with Crippen LogP contribution in [0.25, 0.3) is 0 Å². The predicted octanol–water partition coefficient (Wildman–Crippen LogP) is -0.997. The second kappa shape index (κ2) is 6.33. The second-order valence-corrected chi connectivity index (χ2v) is 4.16. The van der Waals surface area contributed by atoms with Gasteiger partial charge in [0, 0.05) is 13.1 Å². The zero-order valence-electron chi connectivity index (χ0n) is 11.5. The van der Waals surface area contributed by atoms with Gasteiger partial charge in [-0.15, -0.1) is 0 Å². The number of aromatic nitrogens is 3. The number of anilines is 2. The Morgan fingerprint density at radius 3 is 3.00 bits per heavy atom. The lowest BCUT2D eigenvalue weighted by molar-refractivity contribution is -0.121. The summed E-state index contributed by atoms with van der Waals surface area (Å²) in [5.41, 5.74) is 5.38. The smallest absolute Gasteiger partial charge is 0.322 e. The molecule has 0 bridgehead atoms. The number of hydrogen-bond donors (Lipinski definition) is 2. The number of carbonyl (C=O) groups excluding carboxylic acids is 1. The lowest BCUT2D eigenvalue weighted by Gasteiger charge is -2.33. The summed E-state index contributed by atoms with van der Waals surface area (Å²) >= 11 is 0. The third-order valence-corrected chi connectivity index (χ3v) is 2.83. The normalized spacial score (nSPS) is 18.7. The van der Waals surface area contributed by atoms with Crippen molar-refractivity contribution >= 4 is 17.8 Å². The SMILES string of the molecule is CCNc1nc(OC)nc(N2CCOCC2C(N)=O)n1. The van der Waals surface area contributed by atoms with Crippen molar-refractivity contribution in [1.29, 1.82) is 0 Å². The average Bonchev–Trinajstić information content (AvgIpc) is 2.47. The summed E-state index contributed by atoms with van der Waals surface area (Å²) in [6.07, 6.45) is 0. The minimum atomic E-state index is -0.592.